The van der Waals surface area contributed by atoms with E-state index in [-0.39, 0.29) is 0 Å². The number of hydrogen-bond donors (Lipinski definition) is 1. The molecule has 1 fully saturated rings. The zero-order valence-electron chi connectivity index (χ0n) is 9.53. The molecule has 0 spiro atoms. The quantitative estimate of drug-likeness (QED) is 0.748. The average Bonchev–Trinajstić information content (AvgIpc) is 2.74. The molecule has 15 heavy (non-hydrogen) atoms. The second kappa shape index (κ2) is 4.09. The van der Waals surface area contributed by atoms with Gasteiger partial charge in [-0.25, -0.2) is 4.98 Å². The Bertz CT molecular complexity index is 354. The van der Waals surface area contributed by atoms with E-state index >= 15 is 0 Å². The van der Waals surface area contributed by atoms with Gasteiger partial charge in [-0.1, -0.05) is 13.0 Å². The maximum Gasteiger partial charge on any atom is 0.203 e. The highest BCUT2D eigenvalue weighted by Crippen LogP contribution is 2.39. The first kappa shape index (κ1) is 10.3. The number of nitrogens with zero attached hydrogens (tertiary/aromatic N) is 2. The molecule has 1 aliphatic rings. The van der Waals surface area contributed by atoms with Gasteiger partial charge in [-0.05, 0) is 25.2 Å². The Morgan fingerprint density at radius 3 is 3.07 bits per heavy atom. The van der Waals surface area contributed by atoms with Gasteiger partial charge in [-0.2, -0.15) is 0 Å². The van der Waals surface area contributed by atoms with Crippen LogP contribution < -0.4 is 5.32 Å². The molecule has 2 rings (SSSR count). The lowest BCUT2D eigenvalue weighted by molar-refractivity contribution is 0.597. The van der Waals surface area contributed by atoms with Crippen LogP contribution in [0.3, 0.4) is 0 Å². The summed E-state index contributed by atoms with van der Waals surface area (Å²) in [5.41, 5.74) is 1.08. The van der Waals surface area contributed by atoms with Crippen molar-refractivity contribution in [2.45, 2.75) is 26.8 Å². The Balaban J connectivity index is 2.03. The molecule has 2 atom stereocenters. The van der Waals surface area contributed by atoms with Gasteiger partial charge in [-0.15, -0.1) is 6.58 Å². The summed E-state index contributed by atoms with van der Waals surface area (Å²) in [6, 6.07) is 0. The predicted molar refractivity (Wildman–Crippen MR) is 62.9 cm³/mol. The van der Waals surface area contributed by atoms with E-state index in [9.17, 15) is 0 Å². The monoisotopic (exact) mass is 205 g/mol. The number of aromatic nitrogens is 2. The molecule has 1 aromatic heterocycles. The number of hydrogen-bond acceptors (Lipinski definition) is 2. The summed E-state index contributed by atoms with van der Waals surface area (Å²) < 4.78 is 2.23. The van der Waals surface area contributed by atoms with Crippen LogP contribution in [0.2, 0.25) is 0 Å². The Labute approximate surface area is 91.2 Å². The van der Waals surface area contributed by atoms with Crippen molar-refractivity contribution in [1.82, 2.24) is 9.55 Å². The molecule has 0 aliphatic heterocycles. The van der Waals surface area contributed by atoms with Crippen molar-refractivity contribution in [2.24, 2.45) is 11.8 Å². The van der Waals surface area contributed by atoms with Crippen LogP contribution in [-0.2, 0) is 6.54 Å². The first-order valence-corrected chi connectivity index (χ1v) is 5.59. The number of anilines is 1. The van der Waals surface area contributed by atoms with Gasteiger partial charge in [0.1, 0.15) is 0 Å². The highest BCUT2D eigenvalue weighted by atomic mass is 15.2. The first-order chi connectivity index (χ1) is 7.20. The molecule has 82 valence electrons. The van der Waals surface area contributed by atoms with Crippen molar-refractivity contribution in [3.8, 4) is 0 Å². The summed E-state index contributed by atoms with van der Waals surface area (Å²) in [6.45, 7) is 9.92. The molecule has 1 aromatic rings. The maximum atomic E-state index is 4.46. The van der Waals surface area contributed by atoms with Crippen LogP contribution in [0.15, 0.2) is 18.9 Å². The van der Waals surface area contributed by atoms with Crippen LogP contribution >= 0.6 is 0 Å². The highest BCUT2D eigenvalue weighted by Gasteiger charge is 2.33. The van der Waals surface area contributed by atoms with Gasteiger partial charge in [-0.3, -0.25) is 0 Å². The van der Waals surface area contributed by atoms with Crippen LogP contribution in [0.4, 0.5) is 5.95 Å². The Kier molecular flexibility index (Phi) is 2.80. The fraction of sp³-hybridized carbons (Fsp3) is 0.583. The van der Waals surface area contributed by atoms with Crippen molar-refractivity contribution in [1.29, 1.82) is 0 Å². The molecule has 3 heteroatoms. The summed E-state index contributed by atoms with van der Waals surface area (Å²) in [7, 11) is 0. The summed E-state index contributed by atoms with van der Waals surface area (Å²) in [5.74, 6) is 2.72. The topological polar surface area (TPSA) is 29.9 Å². The van der Waals surface area contributed by atoms with Crippen LogP contribution in [0.1, 0.15) is 19.0 Å². The van der Waals surface area contributed by atoms with E-state index in [1.54, 1.807) is 0 Å². The molecular formula is C12H19N3. The van der Waals surface area contributed by atoms with E-state index in [4.69, 9.17) is 0 Å². The lowest BCUT2D eigenvalue weighted by Crippen LogP contribution is -2.08. The smallest absolute Gasteiger partial charge is 0.203 e. The maximum absolute atomic E-state index is 4.46. The third kappa shape index (κ3) is 2.41. The molecule has 1 aliphatic carbocycles. The zero-order valence-corrected chi connectivity index (χ0v) is 9.53. The lowest BCUT2D eigenvalue weighted by Gasteiger charge is -2.07. The molecule has 1 saturated carbocycles. The summed E-state index contributed by atoms with van der Waals surface area (Å²) in [5, 5.41) is 3.27. The van der Waals surface area contributed by atoms with Crippen molar-refractivity contribution < 1.29 is 0 Å². The molecule has 0 saturated heterocycles. The van der Waals surface area contributed by atoms with Gasteiger partial charge < -0.3 is 9.88 Å². The molecule has 1 N–H and O–H groups in total. The predicted octanol–water partition coefficient (Wildman–Crippen LogP) is 2.45. The van der Waals surface area contributed by atoms with Crippen molar-refractivity contribution in [3.05, 3.63) is 24.5 Å². The van der Waals surface area contributed by atoms with E-state index in [2.05, 4.69) is 34.6 Å². The van der Waals surface area contributed by atoms with E-state index in [1.807, 2.05) is 13.0 Å². The molecule has 2 unspecified atom stereocenters. The van der Waals surface area contributed by atoms with Gasteiger partial charge in [0.25, 0.3) is 0 Å². The second-order valence-corrected chi connectivity index (χ2v) is 4.50. The molecule has 1 heterocycles. The summed E-state index contributed by atoms with van der Waals surface area (Å²) in [4.78, 5) is 4.46. The Hall–Kier alpha value is -1.25. The van der Waals surface area contributed by atoms with E-state index in [0.29, 0.717) is 0 Å². The van der Waals surface area contributed by atoms with Crippen LogP contribution in [0.5, 0.6) is 0 Å². The minimum Gasteiger partial charge on any atom is -0.352 e. The van der Waals surface area contributed by atoms with E-state index in [0.717, 1.165) is 36.6 Å². The standard InChI is InChI=1S/C12H19N3/c1-4-5-13-12-14-10(3)7-15(12)8-11-6-9(11)2/h4,7,9,11H,1,5-6,8H2,2-3H3,(H,13,14). The molecular weight excluding hydrogens is 186 g/mol. The first-order valence-electron chi connectivity index (χ1n) is 5.59. The Morgan fingerprint density at radius 1 is 1.73 bits per heavy atom. The fourth-order valence-electron chi connectivity index (χ4n) is 1.90. The van der Waals surface area contributed by atoms with E-state index in [1.165, 1.54) is 6.42 Å². The third-order valence-electron chi connectivity index (χ3n) is 3.01. The largest absolute Gasteiger partial charge is 0.352 e. The van der Waals surface area contributed by atoms with Gasteiger partial charge >= 0.3 is 0 Å². The third-order valence-corrected chi connectivity index (χ3v) is 3.01. The van der Waals surface area contributed by atoms with Crippen LogP contribution in [-0.4, -0.2) is 16.1 Å². The van der Waals surface area contributed by atoms with E-state index < -0.39 is 0 Å². The van der Waals surface area contributed by atoms with Gasteiger partial charge in [0.2, 0.25) is 5.95 Å². The summed E-state index contributed by atoms with van der Waals surface area (Å²) in [6.07, 6.45) is 5.34. The molecule has 0 amide bonds. The second-order valence-electron chi connectivity index (χ2n) is 4.50. The number of rotatable bonds is 5. The van der Waals surface area contributed by atoms with Crippen LogP contribution in [0.25, 0.3) is 0 Å². The number of nitrogens with one attached hydrogen (secondary N) is 1. The molecule has 0 bridgehead atoms. The molecule has 0 aromatic carbocycles. The molecule has 0 radical (unpaired) electrons. The van der Waals surface area contributed by atoms with Crippen LogP contribution in [0, 0.1) is 18.8 Å². The zero-order chi connectivity index (χ0) is 10.8. The fourth-order valence-corrected chi connectivity index (χ4v) is 1.90. The van der Waals surface area contributed by atoms with Gasteiger partial charge in [0.05, 0.1) is 5.69 Å². The normalized spacial score (nSPS) is 23.9. The van der Waals surface area contributed by atoms with Crippen molar-refractivity contribution in [3.63, 3.8) is 0 Å². The van der Waals surface area contributed by atoms with Gasteiger partial charge in [0, 0.05) is 19.3 Å². The lowest BCUT2D eigenvalue weighted by atomic mass is 10.3. The van der Waals surface area contributed by atoms with Gasteiger partial charge in [0.15, 0.2) is 0 Å². The molecule has 3 nitrogen and oxygen atoms in total. The number of aryl methyl sites for hydroxylation is 1. The minimum absolute atomic E-state index is 0.774. The minimum atomic E-state index is 0.774. The summed E-state index contributed by atoms with van der Waals surface area (Å²) >= 11 is 0. The van der Waals surface area contributed by atoms with Crippen molar-refractivity contribution in [2.75, 3.05) is 11.9 Å². The average molecular weight is 205 g/mol. The number of imidazole rings is 1. The van der Waals surface area contributed by atoms with Crippen molar-refractivity contribution >= 4 is 5.95 Å². The Morgan fingerprint density at radius 2 is 2.47 bits per heavy atom. The SMILES string of the molecule is C=CCNc1nc(C)cn1CC1CC1C. The highest BCUT2D eigenvalue weighted by molar-refractivity contribution is 5.29.